The van der Waals surface area contributed by atoms with Crippen molar-refractivity contribution in [3.8, 4) is 0 Å². The van der Waals surface area contributed by atoms with E-state index in [1.807, 2.05) is 6.07 Å². The number of hydrogen-bond donors (Lipinski definition) is 2. The molecular weight excluding hydrogens is 292 g/mol. The minimum absolute atomic E-state index is 0.00794. The van der Waals surface area contributed by atoms with E-state index in [9.17, 15) is 9.59 Å². The van der Waals surface area contributed by atoms with Crippen molar-refractivity contribution in [2.45, 2.75) is 18.9 Å². The Bertz CT molecular complexity index is 529. The molecule has 1 aromatic heterocycles. The maximum Gasteiger partial charge on any atom is 0.353 e. The van der Waals surface area contributed by atoms with Gasteiger partial charge in [-0.15, -0.1) is 11.3 Å². The van der Waals surface area contributed by atoms with E-state index in [1.165, 1.54) is 11.3 Å². The zero-order valence-electron chi connectivity index (χ0n) is 9.76. The summed E-state index contributed by atoms with van der Waals surface area (Å²) < 4.78 is 0.708. The average molecular weight is 303 g/mol. The third-order valence-electron chi connectivity index (χ3n) is 2.51. The highest BCUT2D eigenvalue weighted by molar-refractivity contribution is 7.16. The predicted molar refractivity (Wildman–Crippen MR) is 70.6 cm³/mol. The van der Waals surface area contributed by atoms with Crippen LogP contribution in [0.5, 0.6) is 0 Å². The molecule has 1 amide bonds. The molecule has 0 radical (unpaired) electrons. The zero-order chi connectivity index (χ0) is 13.8. The van der Waals surface area contributed by atoms with Crippen molar-refractivity contribution in [3.05, 3.63) is 21.3 Å². The van der Waals surface area contributed by atoms with E-state index in [1.54, 1.807) is 6.07 Å². The van der Waals surface area contributed by atoms with E-state index < -0.39 is 12.1 Å². The van der Waals surface area contributed by atoms with Gasteiger partial charge in [0, 0.05) is 17.8 Å². The van der Waals surface area contributed by atoms with Crippen LogP contribution < -0.4 is 5.32 Å². The molecule has 0 spiro atoms. The molecule has 1 aliphatic heterocycles. The van der Waals surface area contributed by atoms with Crippen LogP contribution in [0.3, 0.4) is 0 Å². The molecule has 2 heterocycles. The molecule has 0 fully saturated rings. The van der Waals surface area contributed by atoms with Crippen molar-refractivity contribution in [2.75, 3.05) is 6.54 Å². The zero-order valence-corrected chi connectivity index (χ0v) is 11.3. The van der Waals surface area contributed by atoms with Gasteiger partial charge in [0.05, 0.1) is 4.34 Å². The largest absolute Gasteiger partial charge is 0.477 e. The fourth-order valence-electron chi connectivity index (χ4n) is 1.55. The first-order chi connectivity index (χ1) is 9.06. The summed E-state index contributed by atoms with van der Waals surface area (Å²) in [5.74, 6) is -1.52. The van der Waals surface area contributed by atoms with E-state index in [0.29, 0.717) is 17.3 Å². The number of nitrogens with zero attached hydrogens (tertiary/aromatic N) is 1. The summed E-state index contributed by atoms with van der Waals surface area (Å²) in [7, 11) is 0. The normalized spacial score (nSPS) is 17.7. The van der Waals surface area contributed by atoms with Gasteiger partial charge in [-0.1, -0.05) is 16.8 Å². The molecule has 1 aromatic rings. The van der Waals surface area contributed by atoms with Crippen molar-refractivity contribution in [3.63, 3.8) is 0 Å². The third kappa shape index (κ3) is 3.68. The summed E-state index contributed by atoms with van der Waals surface area (Å²) in [4.78, 5) is 28.1. The summed E-state index contributed by atoms with van der Waals surface area (Å²) in [5.41, 5.74) is -0.134. The summed E-state index contributed by atoms with van der Waals surface area (Å²) in [6.45, 7) is 0.442. The van der Waals surface area contributed by atoms with Crippen molar-refractivity contribution in [2.24, 2.45) is 5.16 Å². The number of thiophene rings is 1. The Morgan fingerprint density at radius 3 is 2.95 bits per heavy atom. The lowest BCUT2D eigenvalue weighted by Gasteiger charge is -2.08. The number of nitrogens with one attached hydrogen (secondary N) is 1. The predicted octanol–water partition coefficient (Wildman–Crippen LogP) is 1.29. The number of amides is 1. The molecule has 0 aromatic carbocycles. The Hall–Kier alpha value is -1.60. The van der Waals surface area contributed by atoms with Crippen LogP contribution >= 0.6 is 22.9 Å². The highest BCUT2D eigenvalue weighted by Crippen LogP contribution is 2.21. The Labute approximate surface area is 118 Å². The van der Waals surface area contributed by atoms with Crippen LogP contribution in [0.4, 0.5) is 0 Å². The minimum Gasteiger partial charge on any atom is -0.477 e. The second-order valence-electron chi connectivity index (χ2n) is 3.89. The Morgan fingerprint density at radius 1 is 1.58 bits per heavy atom. The Morgan fingerprint density at radius 2 is 2.37 bits per heavy atom. The van der Waals surface area contributed by atoms with Gasteiger partial charge >= 0.3 is 5.97 Å². The maximum atomic E-state index is 11.7. The standard InChI is InChI=1S/C11H11ClN2O4S/c12-9-2-1-6(19-9)3-4-13-10(15)8-5-7(11(16)17)14-18-8/h1-2,8H,3-5H2,(H,13,15)(H,16,17). The van der Waals surface area contributed by atoms with Crippen LogP contribution in [-0.4, -0.2) is 35.3 Å². The molecule has 0 saturated heterocycles. The van der Waals surface area contributed by atoms with Crippen LogP contribution in [0.25, 0.3) is 0 Å². The average Bonchev–Trinajstić information content (AvgIpc) is 2.98. The van der Waals surface area contributed by atoms with Gasteiger partial charge in [-0.3, -0.25) is 4.79 Å². The van der Waals surface area contributed by atoms with E-state index in [4.69, 9.17) is 21.5 Å². The van der Waals surface area contributed by atoms with Crippen molar-refractivity contribution in [1.82, 2.24) is 5.32 Å². The van der Waals surface area contributed by atoms with Gasteiger partial charge in [0.2, 0.25) is 6.10 Å². The van der Waals surface area contributed by atoms with Crippen LogP contribution in [0.1, 0.15) is 11.3 Å². The number of carboxylic acid groups (broad SMARTS) is 1. The molecule has 0 bridgehead atoms. The lowest BCUT2D eigenvalue weighted by Crippen LogP contribution is -2.36. The topological polar surface area (TPSA) is 88.0 Å². The molecular formula is C11H11ClN2O4S. The summed E-state index contributed by atoms with van der Waals surface area (Å²) in [6, 6.07) is 3.70. The summed E-state index contributed by atoms with van der Waals surface area (Å²) in [6.07, 6.45) is -0.188. The van der Waals surface area contributed by atoms with Gasteiger partial charge < -0.3 is 15.3 Å². The Balaban J connectivity index is 1.73. The van der Waals surface area contributed by atoms with E-state index in [0.717, 1.165) is 4.88 Å². The first-order valence-corrected chi connectivity index (χ1v) is 6.73. The number of halogens is 1. The molecule has 1 aliphatic rings. The second-order valence-corrected chi connectivity index (χ2v) is 5.69. The van der Waals surface area contributed by atoms with E-state index in [-0.39, 0.29) is 18.0 Å². The van der Waals surface area contributed by atoms with Gasteiger partial charge in [0.25, 0.3) is 5.91 Å². The van der Waals surface area contributed by atoms with Crippen LogP contribution in [0.2, 0.25) is 4.34 Å². The fourth-order valence-corrected chi connectivity index (χ4v) is 2.64. The number of hydrogen-bond acceptors (Lipinski definition) is 5. The lowest BCUT2D eigenvalue weighted by molar-refractivity contribution is -0.131. The van der Waals surface area contributed by atoms with Crippen molar-refractivity contribution < 1.29 is 19.5 Å². The molecule has 0 aliphatic carbocycles. The molecule has 8 heteroatoms. The second kappa shape index (κ2) is 6.03. The number of carbonyl (C=O) groups excluding carboxylic acids is 1. The summed E-state index contributed by atoms with van der Waals surface area (Å²) >= 11 is 7.25. The van der Waals surface area contributed by atoms with Gasteiger partial charge in [0.1, 0.15) is 0 Å². The highest BCUT2D eigenvalue weighted by atomic mass is 35.5. The molecule has 102 valence electrons. The van der Waals surface area contributed by atoms with Gasteiger partial charge in [0.15, 0.2) is 5.71 Å². The Kier molecular flexibility index (Phi) is 4.39. The minimum atomic E-state index is -1.16. The number of aliphatic carboxylic acids is 1. The first-order valence-electron chi connectivity index (χ1n) is 5.54. The molecule has 0 saturated carbocycles. The van der Waals surface area contributed by atoms with E-state index >= 15 is 0 Å². The SMILES string of the molecule is O=C(O)C1=NOC(C(=O)NCCc2ccc(Cl)s2)C1. The molecule has 2 N–H and O–H groups in total. The van der Waals surface area contributed by atoms with Gasteiger partial charge in [-0.2, -0.15) is 0 Å². The van der Waals surface area contributed by atoms with Gasteiger partial charge in [-0.05, 0) is 18.6 Å². The first kappa shape index (κ1) is 13.8. The fraction of sp³-hybridized carbons (Fsp3) is 0.364. The lowest BCUT2D eigenvalue weighted by atomic mass is 10.1. The smallest absolute Gasteiger partial charge is 0.353 e. The van der Waals surface area contributed by atoms with Crippen molar-refractivity contribution in [1.29, 1.82) is 0 Å². The molecule has 6 nitrogen and oxygen atoms in total. The molecule has 19 heavy (non-hydrogen) atoms. The van der Waals surface area contributed by atoms with Crippen LogP contribution in [0.15, 0.2) is 17.3 Å². The van der Waals surface area contributed by atoms with Gasteiger partial charge in [-0.25, -0.2) is 4.79 Å². The van der Waals surface area contributed by atoms with Crippen LogP contribution in [0, 0.1) is 0 Å². The van der Waals surface area contributed by atoms with Crippen LogP contribution in [-0.2, 0) is 20.8 Å². The maximum absolute atomic E-state index is 11.7. The van der Waals surface area contributed by atoms with E-state index in [2.05, 4.69) is 10.5 Å². The quantitative estimate of drug-likeness (QED) is 0.858. The van der Waals surface area contributed by atoms with Crippen molar-refractivity contribution >= 4 is 40.5 Å². The molecule has 2 rings (SSSR count). The third-order valence-corrected chi connectivity index (χ3v) is 3.80. The number of carbonyl (C=O) groups is 2. The highest BCUT2D eigenvalue weighted by Gasteiger charge is 2.31. The molecule has 1 unspecified atom stereocenters. The number of carboxylic acids is 1. The summed E-state index contributed by atoms with van der Waals surface area (Å²) in [5, 5.41) is 14.7. The molecule has 1 atom stereocenters. The number of oxime groups is 1. The number of rotatable bonds is 5. The monoisotopic (exact) mass is 302 g/mol.